The van der Waals surface area contributed by atoms with Gasteiger partial charge in [0.25, 0.3) is 0 Å². The number of benzene rings is 11. The molecule has 3 aliphatic carbocycles. The maximum absolute atomic E-state index is 2.52. The van der Waals surface area contributed by atoms with Crippen molar-refractivity contribution in [2.45, 2.75) is 22.8 Å². The second kappa shape index (κ2) is 17.6. The van der Waals surface area contributed by atoms with Crippen LogP contribution in [0.2, 0.25) is 0 Å². The molecule has 11 aromatic rings. The van der Waals surface area contributed by atoms with Crippen LogP contribution in [0.15, 0.2) is 303 Å². The molecule has 0 spiro atoms. The molecule has 0 saturated heterocycles. The Kier molecular flexibility index (Phi) is 10.2. The molecule has 2 nitrogen and oxygen atoms in total. The van der Waals surface area contributed by atoms with E-state index < -0.39 is 10.8 Å². The summed E-state index contributed by atoms with van der Waals surface area (Å²) in [6, 6.07) is 104. The number of anilines is 5. The summed E-state index contributed by atoms with van der Waals surface area (Å²) in [6.45, 7) is 0. The summed E-state index contributed by atoms with van der Waals surface area (Å²) in [4.78, 5) is 5.04. The predicted octanol–water partition coefficient (Wildman–Crippen LogP) is 18.3. The molecule has 0 N–H and O–H groups in total. The van der Waals surface area contributed by atoms with E-state index in [0.29, 0.717) is 5.92 Å². The number of rotatable bonds is 9. The molecule has 2 heteroatoms. The highest BCUT2D eigenvalue weighted by molar-refractivity contribution is 5.95. The second-order valence-electron chi connectivity index (χ2n) is 20.6. The molecule has 15 rings (SSSR count). The first-order valence-electron chi connectivity index (χ1n) is 26.7. The van der Waals surface area contributed by atoms with Crippen molar-refractivity contribution in [2.24, 2.45) is 0 Å². The van der Waals surface area contributed by atoms with Crippen LogP contribution in [-0.2, 0) is 10.8 Å². The zero-order chi connectivity index (χ0) is 50.2. The molecule has 1 aliphatic heterocycles. The average molecular weight is 969 g/mol. The quantitative estimate of drug-likeness (QED) is 0.142. The van der Waals surface area contributed by atoms with Crippen LogP contribution in [0.5, 0.6) is 0 Å². The van der Waals surface area contributed by atoms with Gasteiger partial charge in [0.15, 0.2) is 0 Å². The third-order valence-electron chi connectivity index (χ3n) is 17.0. The van der Waals surface area contributed by atoms with Crippen molar-refractivity contribution in [3.05, 3.63) is 353 Å². The lowest BCUT2D eigenvalue weighted by Crippen LogP contribution is -2.30. The number of hydrogen-bond acceptors (Lipinski definition) is 2. The first-order valence-corrected chi connectivity index (χ1v) is 26.7. The Labute approximate surface area is 445 Å². The monoisotopic (exact) mass is 968 g/mol. The minimum absolute atomic E-state index is 0.235. The minimum Gasteiger partial charge on any atom is -0.333 e. The Morgan fingerprint density at radius 1 is 0.342 bits per heavy atom. The standard InChI is InChI=1S/C74H52N2/c1-4-23-53(24-5-1)73(66-36-15-10-30-60(66)61-31-11-16-37-67(61)73)56-44-48-58(49-45-56)75(57-46-42-51(43-47-57)52-22-20-29-59(50-52)76-69-39-18-13-33-63(69)64-34-14-19-40-70(64)76)71-41-21-35-65-62-32-12-17-38-68(62)74(72(65)71,54-25-6-2-7-26-54)55-27-8-3-9-28-55/h1-50,63,69H. The largest absolute Gasteiger partial charge is 0.333 e. The molecule has 0 saturated carbocycles. The van der Waals surface area contributed by atoms with Crippen molar-refractivity contribution in [3.63, 3.8) is 0 Å². The van der Waals surface area contributed by atoms with E-state index >= 15 is 0 Å². The highest BCUT2D eigenvalue weighted by Gasteiger charge is 2.49. The van der Waals surface area contributed by atoms with Gasteiger partial charge in [0.1, 0.15) is 0 Å². The molecule has 11 aromatic carbocycles. The van der Waals surface area contributed by atoms with Crippen molar-refractivity contribution >= 4 is 28.4 Å². The lowest BCUT2D eigenvalue weighted by Gasteiger charge is -2.38. The van der Waals surface area contributed by atoms with Gasteiger partial charge in [-0.2, -0.15) is 0 Å². The van der Waals surface area contributed by atoms with Crippen LogP contribution in [0.1, 0.15) is 56.0 Å². The summed E-state index contributed by atoms with van der Waals surface area (Å²) in [7, 11) is 0. The van der Waals surface area contributed by atoms with Gasteiger partial charge in [-0.15, -0.1) is 0 Å². The van der Waals surface area contributed by atoms with Crippen LogP contribution in [-0.4, -0.2) is 6.04 Å². The number of para-hydroxylation sites is 1. The van der Waals surface area contributed by atoms with E-state index in [1.54, 1.807) is 0 Å². The van der Waals surface area contributed by atoms with E-state index in [1.807, 2.05) is 0 Å². The summed E-state index contributed by atoms with van der Waals surface area (Å²) >= 11 is 0. The smallest absolute Gasteiger partial charge is 0.0734 e. The molecule has 2 unspecified atom stereocenters. The van der Waals surface area contributed by atoms with Crippen LogP contribution in [0.4, 0.5) is 28.4 Å². The fourth-order valence-corrected chi connectivity index (χ4v) is 13.9. The Morgan fingerprint density at radius 3 is 1.45 bits per heavy atom. The Bertz CT molecular complexity index is 3970. The van der Waals surface area contributed by atoms with Crippen LogP contribution >= 0.6 is 0 Å². The molecule has 76 heavy (non-hydrogen) atoms. The number of allylic oxidation sites excluding steroid dienone is 2. The van der Waals surface area contributed by atoms with E-state index in [0.717, 1.165) is 17.1 Å². The fourth-order valence-electron chi connectivity index (χ4n) is 13.9. The molecule has 0 fully saturated rings. The topological polar surface area (TPSA) is 6.48 Å². The maximum atomic E-state index is 2.52. The minimum atomic E-state index is -0.616. The summed E-state index contributed by atoms with van der Waals surface area (Å²) in [6.07, 6.45) is 9.09. The number of nitrogens with zero attached hydrogens (tertiary/aromatic N) is 2. The van der Waals surface area contributed by atoms with Gasteiger partial charge in [0.05, 0.1) is 22.6 Å². The van der Waals surface area contributed by atoms with Crippen LogP contribution in [0.25, 0.3) is 33.4 Å². The predicted molar refractivity (Wildman–Crippen MR) is 315 cm³/mol. The molecule has 4 aliphatic rings. The van der Waals surface area contributed by atoms with Gasteiger partial charge in [-0.25, -0.2) is 0 Å². The fraction of sp³-hybridized carbons (Fsp3) is 0.0541. The number of hydrogen-bond donors (Lipinski definition) is 0. The zero-order valence-corrected chi connectivity index (χ0v) is 41.9. The molecule has 1 heterocycles. The maximum Gasteiger partial charge on any atom is 0.0734 e. The van der Waals surface area contributed by atoms with Gasteiger partial charge < -0.3 is 9.80 Å². The lowest BCUT2D eigenvalue weighted by molar-refractivity contribution is 0.745. The summed E-state index contributed by atoms with van der Waals surface area (Å²) in [5.41, 5.74) is 23.6. The molecule has 358 valence electrons. The van der Waals surface area contributed by atoms with Crippen molar-refractivity contribution in [1.82, 2.24) is 0 Å². The lowest BCUT2D eigenvalue weighted by atomic mass is 9.67. The van der Waals surface area contributed by atoms with Crippen LogP contribution in [0.3, 0.4) is 0 Å². The third-order valence-corrected chi connectivity index (χ3v) is 17.0. The number of fused-ring (bicyclic) bond motifs is 9. The van der Waals surface area contributed by atoms with Gasteiger partial charge in [-0.3, -0.25) is 0 Å². The van der Waals surface area contributed by atoms with Crippen molar-refractivity contribution < 1.29 is 0 Å². The highest BCUT2D eigenvalue weighted by Crippen LogP contribution is 2.61. The second-order valence-corrected chi connectivity index (χ2v) is 20.6. The summed E-state index contributed by atoms with van der Waals surface area (Å²) in [5.74, 6) is 0.326. The average Bonchev–Trinajstić information content (AvgIpc) is 4.31. The van der Waals surface area contributed by atoms with E-state index in [9.17, 15) is 0 Å². The van der Waals surface area contributed by atoms with Crippen molar-refractivity contribution in [2.75, 3.05) is 9.80 Å². The Morgan fingerprint density at radius 2 is 0.816 bits per heavy atom. The van der Waals surface area contributed by atoms with Gasteiger partial charge >= 0.3 is 0 Å². The third kappa shape index (κ3) is 6.41. The molecule has 0 amide bonds. The Hall–Kier alpha value is -9.50. The molecule has 0 radical (unpaired) electrons. The van der Waals surface area contributed by atoms with Gasteiger partial charge in [-0.05, 0) is 126 Å². The van der Waals surface area contributed by atoms with E-state index in [4.69, 9.17) is 0 Å². The molecular formula is C74H52N2. The van der Waals surface area contributed by atoms with E-state index in [-0.39, 0.29) is 6.04 Å². The highest BCUT2D eigenvalue weighted by atomic mass is 15.2. The van der Waals surface area contributed by atoms with Gasteiger partial charge in [0, 0.05) is 34.2 Å². The van der Waals surface area contributed by atoms with Crippen LogP contribution in [0, 0.1) is 0 Å². The SMILES string of the molecule is C1=CC2c3ccccc3N(c3cccc(-c4ccc(N(c5ccc(C6(c7ccccc7)c7ccccc7-c7ccccc76)cc5)c5cccc6c5C(c5ccccc5)(c5ccccc5)c5ccccc5-6)cc4)c3)C2C=C1. The van der Waals surface area contributed by atoms with E-state index in [2.05, 4.69) is 313 Å². The molecule has 0 aromatic heterocycles. The Balaban J connectivity index is 0.926. The van der Waals surface area contributed by atoms with E-state index in [1.165, 1.54) is 94.8 Å². The molecule has 2 atom stereocenters. The van der Waals surface area contributed by atoms with Gasteiger partial charge in [-0.1, -0.05) is 255 Å². The van der Waals surface area contributed by atoms with Crippen molar-refractivity contribution in [1.29, 1.82) is 0 Å². The summed E-state index contributed by atoms with van der Waals surface area (Å²) in [5, 5.41) is 0. The van der Waals surface area contributed by atoms with Crippen molar-refractivity contribution in [3.8, 4) is 33.4 Å². The normalized spacial score (nSPS) is 16.5. The molecule has 0 bridgehead atoms. The zero-order valence-electron chi connectivity index (χ0n) is 41.9. The summed E-state index contributed by atoms with van der Waals surface area (Å²) < 4.78 is 0. The van der Waals surface area contributed by atoms with Gasteiger partial charge in [0.2, 0.25) is 0 Å². The first-order chi connectivity index (χ1) is 37.7. The molecular weight excluding hydrogens is 917 g/mol. The van der Waals surface area contributed by atoms with Crippen LogP contribution < -0.4 is 9.80 Å². The first kappa shape index (κ1) is 44.0.